The van der Waals surface area contributed by atoms with Crippen LogP contribution in [0, 0.1) is 5.89 Å². The molecule has 0 saturated heterocycles. The lowest BCUT2D eigenvalue weighted by Crippen LogP contribution is -2.31. The smallest absolute Gasteiger partial charge is 0.119 e. The van der Waals surface area contributed by atoms with Crippen LogP contribution in [0.5, 0.6) is 0 Å². The highest BCUT2D eigenvalue weighted by Gasteiger charge is 2.16. The highest BCUT2D eigenvalue weighted by Crippen LogP contribution is 2.21. The van der Waals surface area contributed by atoms with E-state index in [0.29, 0.717) is 0 Å². The Balaban J connectivity index is 3.45. The fraction of sp³-hybridized carbons (Fsp3) is 0.750. The summed E-state index contributed by atoms with van der Waals surface area (Å²) >= 11 is 0. The van der Waals surface area contributed by atoms with Crippen LogP contribution in [0.2, 0.25) is 2.82 Å². The lowest BCUT2D eigenvalue weighted by Gasteiger charge is -2.24. The fourth-order valence-electron chi connectivity index (χ4n) is 0.735. The Morgan fingerprint density at radius 1 is 2.11 bits per heavy atom. The van der Waals surface area contributed by atoms with Gasteiger partial charge in [0.15, 0.2) is 0 Å². The minimum atomic E-state index is -2.28. The number of rotatable bonds is 1. The summed E-state index contributed by atoms with van der Waals surface area (Å²) in [6.07, 6.45) is -2.33. The number of hydrogen-bond donors (Lipinski definition) is 1. The van der Waals surface area contributed by atoms with Gasteiger partial charge in [-0.2, -0.15) is 0 Å². The summed E-state index contributed by atoms with van der Waals surface area (Å²) in [4.78, 5) is 0. The van der Waals surface area contributed by atoms with Gasteiger partial charge in [-0.1, -0.05) is 18.6 Å². The van der Waals surface area contributed by atoms with Crippen LogP contribution in [0.4, 0.5) is 0 Å². The number of nitrogens with two attached hydrogens (primary N) is 1. The van der Waals surface area contributed by atoms with Crippen molar-refractivity contribution in [1.82, 2.24) is 0 Å². The quantitative estimate of drug-likeness (QED) is 0.540. The first-order chi connectivity index (χ1) is 6.99. The third kappa shape index (κ3) is 1.33. The Morgan fingerprint density at radius 2 is 2.89 bits per heavy atom. The van der Waals surface area contributed by atoms with E-state index >= 15 is 0 Å². The first-order valence-electron chi connectivity index (χ1n) is 6.36. The molecule has 0 saturated carbocycles. The first kappa shape index (κ1) is 2.09. The van der Waals surface area contributed by atoms with Gasteiger partial charge in [-0.3, -0.25) is 0 Å². The molecule has 0 aromatic heterocycles. The van der Waals surface area contributed by atoms with E-state index in [0.717, 1.165) is 6.92 Å². The molecule has 0 aromatic carbocycles. The van der Waals surface area contributed by atoms with Gasteiger partial charge in [-0.05, 0) is 25.6 Å². The summed E-state index contributed by atoms with van der Waals surface area (Å²) in [5.74, 6) is -2.06. The van der Waals surface area contributed by atoms with Crippen molar-refractivity contribution < 1.29 is 9.68 Å². The highest BCUT2D eigenvalue weighted by atomic mass is 14.7. The minimum absolute atomic E-state index is 0.0372. The molecule has 0 heterocycles. The van der Waals surface area contributed by atoms with Gasteiger partial charge >= 0.3 is 0 Å². The van der Waals surface area contributed by atoms with Crippen LogP contribution in [0.25, 0.3) is 0 Å². The van der Waals surface area contributed by atoms with Crippen LogP contribution in [0.15, 0.2) is 11.6 Å². The molecule has 1 aliphatic carbocycles. The topological polar surface area (TPSA) is 26.0 Å². The fourth-order valence-corrected chi connectivity index (χ4v) is 0.735. The number of allylic oxidation sites excluding steroid dienone is 1. The molecule has 3 unspecified atom stereocenters. The summed E-state index contributed by atoms with van der Waals surface area (Å²) in [5.41, 5.74) is 0.223. The van der Waals surface area contributed by atoms with Crippen LogP contribution in [0.1, 0.15) is 33.5 Å². The molecule has 52 valence electrons. The molecule has 0 amide bonds. The van der Waals surface area contributed by atoms with Gasteiger partial charge < -0.3 is 5.72 Å². The van der Waals surface area contributed by atoms with Crippen molar-refractivity contribution in [3.05, 3.63) is 11.6 Å². The second kappa shape index (κ2) is 2.53. The van der Waals surface area contributed by atoms with E-state index in [2.05, 4.69) is 0 Å². The van der Waals surface area contributed by atoms with Gasteiger partial charge in [-0.25, -0.2) is 0 Å². The van der Waals surface area contributed by atoms with E-state index in [1.54, 1.807) is 0 Å². The molecule has 0 spiro atoms. The van der Waals surface area contributed by atoms with Gasteiger partial charge in [-0.15, -0.1) is 0 Å². The maximum Gasteiger partial charge on any atom is 0.119 e. The average Bonchev–Trinajstić information content (AvgIpc) is 2.13. The van der Waals surface area contributed by atoms with E-state index < -0.39 is 24.7 Å². The predicted molar refractivity (Wildman–Crippen MR) is 40.1 cm³/mol. The zero-order valence-electron chi connectivity index (χ0n) is 12.6. The summed E-state index contributed by atoms with van der Waals surface area (Å²) < 4.78 is 53.4. The van der Waals surface area contributed by atoms with E-state index in [4.69, 9.17) is 9.68 Å². The third-order valence-corrected chi connectivity index (χ3v) is 1.36. The largest absolute Gasteiger partial charge is 0.324 e. The molecular formula is C8H15N. The van der Waals surface area contributed by atoms with Crippen LogP contribution < -0.4 is 5.72 Å². The Kier molecular flexibility index (Phi) is 0.587. The average molecular weight is 132 g/mol. The molecule has 0 radical (unpaired) electrons. The molecular weight excluding hydrogens is 110 g/mol. The maximum atomic E-state index is 8.00. The van der Waals surface area contributed by atoms with Gasteiger partial charge in [0, 0.05) is 11.5 Å². The second-order valence-corrected chi connectivity index (χ2v) is 2.13. The summed E-state index contributed by atoms with van der Waals surface area (Å²) in [6, 6.07) is -2.10. The van der Waals surface area contributed by atoms with Gasteiger partial charge in [0.05, 0.1) is 1.37 Å². The molecule has 1 aliphatic rings. The van der Waals surface area contributed by atoms with Crippen LogP contribution >= 0.6 is 0 Å². The van der Waals surface area contributed by atoms with Gasteiger partial charge in [0.1, 0.15) is 2.82 Å². The molecule has 1 nitrogen and oxygen atoms in total. The molecule has 0 fully saturated rings. The Hall–Kier alpha value is -0.300. The monoisotopic (exact) mass is 132 g/mol. The molecule has 3 atom stereocenters. The Bertz CT molecular complexity index is 324. The van der Waals surface area contributed by atoms with E-state index in [-0.39, 0.29) is 11.3 Å². The van der Waals surface area contributed by atoms with Crippen molar-refractivity contribution in [2.45, 2.75) is 32.6 Å². The van der Waals surface area contributed by atoms with E-state index in [9.17, 15) is 0 Å². The third-order valence-electron chi connectivity index (χ3n) is 1.36. The zero-order valence-corrected chi connectivity index (χ0v) is 5.60. The number of hydrogen-bond acceptors (Lipinski definition) is 1. The van der Waals surface area contributed by atoms with Crippen molar-refractivity contribution in [3.63, 3.8) is 0 Å². The Labute approximate surface area is 66.9 Å². The standard InChI is InChI=1S/C8H15N/c1-6-4-3-5-7(2)8(6)9/h4,7-8H,3,5,9H2,1-2H3/i3D,5D2,7D,8D/hD2. The molecule has 0 aliphatic heterocycles. The molecule has 1 rings (SSSR count). The van der Waals surface area contributed by atoms with Crippen molar-refractivity contribution >= 4 is 0 Å². The second-order valence-electron chi connectivity index (χ2n) is 2.13. The lowest BCUT2D eigenvalue weighted by atomic mass is 9.87. The molecule has 1 heteroatoms. The minimum Gasteiger partial charge on any atom is -0.324 e. The van der Waals surface area contributed by atoms with Crippen molar-refractivity contribution in [2.24, 2.45) is 11.6 Å². The predicted octanol–water partition coefficient (Wildman–Crippen LogP) is 1.69. The van der Waals surface area contributed by atoms with Crippen LogP contribution in [0.3, 0.4) is 0 Å². The molecule has 2 N–H and O–H groups in total. The normalized spacial score (nSPS) is 77.9. The van der Waals surface area contributed by atoms with Crippen LogP contribution in [-0.2, 0) is 0 Å². The lowest BCUT2D eigenvalue weighted by molar-refractivity contribution is 0.448. The van der Waals surface area contributed by atoms with Crippen LogP contribution in [-0.4, -0.2) is 6.02 Å². The SMILES string of the molecule is [2H]C1C=C(C)C([2H])(N([2H])[2H])C([2H])(C)C1([2H])[2H]. The molecule has 9 heavy (non-hydrogen) atoms. The van der Waals surface area contributed by atoms with E-state index in [1.807, 2.05) is 0 Å². The van der Waals surface area contributed by atoms with Crippen molar-refractivity contribution in [3.8, 4) is 0 Å². The molecule has 0 bridgehead atoms. The summed E-state index contributed by atoms with van der Waals surface area (Å²) in [7, 11) is 0. The van der Waals surface area contributed by atoms with Gasteiger partial charge in [0.25, 0.3) is 0 Å². The van der Waals surface area contributed by atoms with Gasteiger partial charge in [0.2, 0.25) is 0 Å². The molecule has 0 aromatic rings. The Morgan fingerprint density at radius 3 is 3.56 bits per heavy atom. The summed E-state index contributed by atoms with van der Waals surface area (Å²) in [6.45, 7) is 2.61. The zero-order chi connectivity index (χ0) is 12.9. The highest BCUT2D eigenvalue weighted by molar-refractivity contribution is 5.11. The first-order valence-corrected chi connectivity index (χ1v) is 2.88. The summed E-state index contributed by atoms with van der Waals surface area (Å²) in [5, 5.41) is 0. The maximum absolute atomic E-state index is 8.00. The van der Waals surface area contributed by atoms with Crippen molar-refractivity contribution in [2.75, 3.05) is 0 Å². The van der Waals surface area contributed by atoms with Crippen molar-refractivity contribution in [1.29, 1.82) is 0 Å². The van der Waals surface area contributed by atoms with E-state index in [1.165, 1.54) is 13.0 Å².